The SMILES string of the molecule is FC(F)(F)c1cc(N2CCN(c3ncnc4ccccc34)CC2)nc(Cl)n1. The van der Waals surface area contributed by atoms with Gasteiger partial charge in [-0.3, -0.25) is 0 Å². The molecule has 0 aliphatic carbocycles. The second-order valence-corrected chi connectivity index (χ2v) is 6.40. The minimum absolute atomic E-state index is 0.175. The van der Waals surface area contributed by atoms with Gasteiger partial charge in [0.15, 0.2) is 5.69 Å². The molecule has 1 aromatic carbocycles. The lowest BCUT2D eigenvalue weighted by Crippen LogP contribution is -2.47. The van der Waals surface area contributed by atoms with Crippen LogP contribution in [0.5, 0.6) is 0 Å². The fourth-order valence-electron chi connectivity index (χ4n) is 3.10. The van der Waals surface area contributed by atoms with Crippen LogP contribution >= 0.6 is 11.6 Å². The third-order valence-electron chi connectivity index (χ3n) is 4.40. The van der Waals surface area contributed by atoms with Crippen molar-refractivity contribution in [3.8, 4) is 0 Å². The molecular weight excluding hydrogens is 381 g/mol. The monoisotopic (exact) mass is 394 g/mol. The number of piperazine rings is 1. The molecule has 3 heterocycles. The Morgan fingerprint density at radius 3 is 2.37 bits per heavy atom. The third-order valence-corrected chi connectivity index (χ3v) is 4.57. The second kappa shape index (κ2) is 6.80. The first kappa shape index (κ1) is 17.7. The zero-order valence-corrected chi connectivity index (χ0v) is 14.7. The first-order chi connectivity index (χ1) is 12.9. The van der Waals surface area contributed by atoms with Gasteiger partial charge in [-0.2, -0.15) is 13.2 Å². The van der Waals surface area contributed by atoms with E-state index < -0.39 is 17.2 Å². The molecule has 4 rings (SSSR count). The van der Waals surface area contributed by atoms with Crippen molar-refractivity contribution in [1.82, 2.24) is 19.9 Å². The highest BCUT2D eigenvalue weighted by Crippen LogP contribution is 2.31. The Balaban J connectivity index is 1.55. The molecule has 3 aromatic rings. The van der Waals surface area contributed by atoms with Crippen LogP contribution in [0.1, 0.15) is 5.69 Å². The normalized spacial score (nSPS) is 15.4. The van der Waals surface area contributed by atoms with Crippen molar-refractivity contribution in [2.45, 2.75) is 6.18 Å². The lowest BCUT2D eigenvalue weighted by Gasteiger charge is -2.36. The molecule has 10 heteroatoms. The molecule has 0 amide bonds. The number of aromatic nitrogens is 4. The third kappa shape index (κ3) is 3.59. The molecule has 6 nitrogen and oxygen atoms in total. The first-order valence-corrected chi connectivity index (χ1v) is 8.61. The fraction of sp³-hybridized carbons (Fsp3) is 0.294. The van der Waals surface area contributed by atoms with Crippen molar-refractivity contribution >= 4 is 34.1 Å². The molecule has 0 radical (unpaired) electrons. The van der Waals surface area contributed by atoms with Crippen LogP contribution in [0.3, 0.4) is 0 Å². The predicted molar refractivity (Wildman–Crippen MR) is 96.0 cm³/mol. The van der Waals surface area contributed by atoms with E-state index in [4.69, 9.17) is 11.6 Å². The first-order valence-electron chi connectivity index (χ1n) is 8.23. The number of benzene rings is 1. The van der Waals surface area contributed by atoms with Crippen molar-refractivity contribution in [1.29, 1.82) is 0 Å². The van der Waals surface area contributed by atoms with E-state index in [0.717, 1.165) is 22.8 Å². The van der Waals surface area contributed by atoms with Crippen molar-refractivity contribution in [2.75, 3.05) is 36.0 Å². The second-order valence-electron chi connectivity index (χ2n) is 6.07. The van der Waals surface area contributed by atoms with Crippen LogP contribution < -0.4 is 9.80 Å². The summed E-state index contributed by atoms with van der Waals surface area (Å²) in [7, 11) is 0. The summed E-state index contributed by atoms with van der Waals surface area (Å²) in [6.07, 6.45) is -3.05. The number of rotatable bonds is 2. The molecule has 0 atom stereocenters. The van der Waals surface area contributed by atoms with Gasteiger partial charge in [0.2, 0.25) is 5.28 Å². The van der Waals surface area contributed by atoms with Crippen molar-refractivity contribution < 1.29 is 13.2 Å². The molecular formula is C17H14ClF3N6. The van der Waals surface area contributed by atoms with Gasteiger partial charge < -0.3 is 9.80 Å². The molecule has 0 bridgehead atoms. The molecule has 1 saturated heterocycles. The number of anilines is 2. The Morgan fingerprint density at radius 2 is 1.63 bits per heavy atom. The maximum absolute atomic E-state index is 13.0. The van der Waals surface area contributed by atoms with E-state index >= 15 is 0 Å². The van der Waals surface area contributed by atoms with Gasteiger partial charge in [-0.1, -0.05) is 12.1 Å². The Labute approximate surface area is 157 Å². The summed E-state index contributed by atoms with van der Waals surface area (Å²) in [6.45, 7) is 2.15. The fourth-order valence-corrected chi connectivity index (χ4v) is 3.28. The molecule has 0 unspecified atom stereocenters. The smallest absolute Gasteiger partial charge is 0.353 e. The van der Waals surface area contributed by atoms with Gasteiger partial charge in [0.25, 0.3) is 0 Å². The summed E-state index contributed by atoms with van der Waals surface area (Å²) < 4.78 is 38.9. The number of hydrogen-bond donors (Lipinski definition) is 0. The molecule has 1 aliphatic rings. The van der Waals surface area contributed by atoms with Crippen LogP contribution in [-0.2, 0) is 6.18 Å². The topological polar surface area (TPSA) is 58.0 Å². The largest absolute Gasteiger partial charge is 0.433 e. The molecule has 0 spiro atoms. The average Bonchev–Trinajstić information content (AvgIpc) is 2.66. The summed E-state index contributed by atoms with van der Waals surface area (Å²) in [5.74, 6) is 0.992. The van der Waals surface area contributed by atoms with Gasteiger partial charge in [-0.25, -0.2) is 19.9 Å². The summed E-state index contributed by atoms with van der Waals surface area (Å²) >= 11 is 5.69. The minimum Gasteiger partial charge on any atom is -0.353 e. The van der Waals surface area contributed by atoms with Crippen LogP contribution in [0.4, 0.5) is 24.8 Å². The molecule has 0 N–H and O–H groups in total. The number of fused-ring (bicyclic) bond motifs is 1. The average molecular weight is 395 g/mol. The number of nitrogens with zero attached hydrogens (tertiary/aromatic N) is 6. The van der Waals surface area contributed by atoms with Gasteiger partial charge in [-0.05, 0) is 23.7 Å². The van der Waals surface area contributed by atoms with E-state index in [1.165, 1.54) is 6.33 Å². The van der Waals surface area contributed by atoms with E-state index in [0.29, 0.717) is 26.2 Å². The van der Waals surface area contributed by atoms with Crippen LogP contribution in [0.2, 0.25) is 5.28 Å². The quantitative estimate of drug-likeness (QED) is 0.621. The van der Waals surface area contributed by atoms with Crippen LogP contribution in [-0.4, -0.2) is 46.1 Å². The standard InChI is InChI=1S/C17H14ClF3N6/c18-16-24-13(17(19,20)21)9-14(25-16)26-5-7-27(8-6-26)15-11-3-1-2-4-12(11)22-10-23-15/h1-4,9-10H,5-8H2. The Hall–Kier alpha value is -2.68. The highest BCUT2D eigenvalue weighted by molar-refractivity contribution is 6.28. The molecule has 2 aromatic heterocycles. The lowest BCUT2D eigenvalue weighted by molar-refractivity contribution is -0.141. The number of hydrogen-bond acceptors (Lipinski definition) is 6. The highest BCUT2D eigenvalue weighted by atomic mass is 35.5. The summed E-state index contributed by atoms with van der Waals surface area (Å²) in [4.78, 5) is 19.7. The molecule has 1 aliphatic heterocycles. The summed E-state index contributed by atoms with van der Waals surface area (Å²) in [5, 5.41) is 0.530. The zero-order chi connectivity index (χ0) is 19.0. The molecule has 1 fully saturated rings. The van der Waals surface area contributed by atoms with Gasteiger partial charge in [0.1, 0.15) is 18.0 Å². The van der Waals surface area contributed by atoms with Crippen molar-refractivity contribution in [2.24, 2.45) is 0 Å². The van der Waals surface area contributed by atoms with Gasteiger partial charge in [0, 0.05) is 37.6 Å². The number of halogens is 4. The molecule has 0 saturated carbocycles. The number of para-hydroxylation sites is 1. The van der Waals surface area contributed by atoms with Crippen molar-refractivity contribution in [3.05, 3.63) is 47.6 Å². The highest BCUT2D eigenvalue weighted by Gasteiger charge is 2.34. The van der Waals surface area contributed by atoms with E-state index in [1.807, 2.05) is 24.3 Å². The zero-order valence-electron chi connectivity index (χ0n) is 14.0. The minimum atomic E-state index is -4.57. The van der Waals surface area contributed by atoms with Crippen LogP contribution in [0, 0.1) is 0 Å². The Morgan fingerprint density at radius 1 is 0.926 bits per heavy atom. The van der Waals surface area contributed by atoms with E-state index in [9.17, 15) is 13.2 Å². The predicted octanol–water partition coefficient (Wildman–Crippen LogP) is 3.42. The van der Waals surface area contributed by atoms with E-state index in [-0.39, 0.29) is 5.82 Å². The van der Waals surface area contributed by atoms with Gasteiger partial charge in [0.05, 0.1) is 5.52 Å². The Bertz CT molecular complexity index is 967. The number of alkyl halides is 3. The summed E-state index contributed by atoms with van der Waals surface area (Å²) in [5.41, 5.74) is -0.191. The molecule has 27 heavy (non-hydrogen) atoms. The lowest BCUT2D eigenvalue weighted by atomic mass is 10.2. The van der Waals surface area contributed by atoms with Crippen LogP contribution in [0.25, 0.3) is 10.9 Å². The van der Waals surface area contributed by atoms with Gasteiger partial charge >= 0.3 is 6.18 Å². The maximum atomic E-state index is 13.0. The van der Waals surface area contributed by atoms with Crippen LogP contribution in [0.15, 0.2) is 36.7 Å². The molecule has 140 valence electrons. The Kier molecular flexibility index (Phi) is 4.47. The van der Waals surface area contributed by atoms with Crippen molar-refractivity contribution in [3.63, 3.8) is 0 Å². The van der Waals surface area contributed by atoms with Gasteiger partial charge in [-0.15, -0.1) is 0 Å². The maximum Gasteiger partial charge on any atom is 0.433 e. The summed E-state index contributed by atoms with van der Waals surface area (Å²) in [6, 6.07) is 8.64. The van der Waals surface area contributed by atoms with E-state index in [1.54, 1.807) is 4.90 Å². The van der Waals surface area contributed by atoms with E-state index in [2.05, 4.69) is 24.8 Å².